The average Bonchev–Trinajstić information content (AvgIpc) is 2.63. The Labute approximate surface area is 148 Å². The zero-order valence-corrected chi connectivity index (χ0v) is 15.4. The Bertz CT molecular complexity index is 519. The third-order valence-corrected chi connectivity index (χ3v) is 4.61. The summed E-state index contributed by atoms with van der Waals surface area (Å²) in [7, 11) is 3.00. The second kappa shape index (κ2) is 9.36. The summed E-state index contributed by atoms with van der Waals surface area (Å²) in [6.45, 7) is 4.20. The van der Waals surface area contributed by atoms with Crippen LogP contribution in [0.15, 0.2) is 0 Å². The Kier molecular flexibility index (Phi) is 7.82. The van der Waals surface area contributed by atoms with Crippen LogP contribution in [-0.4, -0.2) is 78.7 Å². The summed E-state index contributed by atoms with van der Waals surface area (Å²) in [5, 5.41) is 5.26. The summed E-state index contributed by atoms with van der Waals surface area (Å²) in [4.78, 5) is 51.8. The van der Waals surface area contributed by atoms with Crippen molar-refractivity contribution in [1.82, 2.24) is 20.4 Å². The monoisotopic (exact) mass is 355 g/mol. The Morgan fingerprint density at radius 1 is 1.08 bits per heavy atom. The van der Waals surface area contributed by atoms with Gasteiger partial charge in [-0.1, -0.05) is 0 Å². The molecule has 1 aliphatic heterocycles. The zero-order valence-electron chi connectivity index (χ0n) is 15.4. The van der Waals surface area contributed by atoms with E-state index >= 15 is 0 Å². The van der Waals surface area contributed by atoms with Crippen molar-refractivity contribution >= 4 is 23.6 Å². The highest BCUT2D eigenvalue weighted by Gasteiger charge is 2.37. The number of amides is 4. The van der Waals surface area contributed by atoms with Crippen LogP contribution in [0.3, 0.4) is 0 Å². The van der Waals surface area contributed by atoms with E-state index < -0.39 is 41.8 Å². The largest absolute Gasteiger partial charge is 0.368 e. The van der Waals surface area contributed by atoms with E-state index in [-0.39, 0.29) is 0 Å². The smallest absolute Gasteiger partial charge is 0.255 e. The normalized spacial score (nSPS) is 18.0. The van der Waals surface area contributed by atoms with Crippen LogP contribution in [0.2, 0.25) is 0 Å². The van der Waals surface area contributed by atoms with Crippen molar-refractivity contribution in [3.8, 4) is 0 Å². The predicted molar refractivity (Wildman–Crippen MR) is 92.3 cm³/mol. The average molecular weight is 355 g/mol. The number of hydrogen-bond donors (Lipinski definition) is 3. The van der Waals surface area contributed by atoms with Crippen molar-refractivity contribution in [3.63, 3.8) is 0 Å². The van der Waals surface area contributed by atoms with E-state index in [2.05, 4.69) is 10.6 Å². The zero-order chi connectivity index (χ0) is 19.1. The van der Waals surface area contributed by atoms with Crippen LogP contribution in [-0.2, 0) is 19.2 Å². The molecule has 0 saturated carbocycles. The fraction of sp³-hybridized carbons (Fsp3) is 0.750. The molecule has 3 atom stereocenters. The van der Waals surface area contributed by atoms with Crippen LogP contribution in [0, 0.1) is 0 Å². The molecule has 0 spiro atoms. The molecule has 0 aromatic heterocycles. The van der Waals surface area contributed by atoms with E-state index in [0.29, 0.717) is 13.1 Å². The van der Waals surface area contributed by atoms with E-state index in [9.17, 15) is 19.2 Å². The molecule has 0 aromatic carbocycles. The minimum Gasteiger partial charge on any atom is -0.368 e. The number of piperidine rings is 1. The van der Waals surface area contributed by atoms with Crippen LogP contribution in [0.4, 0.5) is 0 Å². The molecule has 142 valence electrons. The summed E-state index contributed by atoms with van der Waals surface area (Å²) < 4.78 is 0. The summed E-state index contributed by atoms with van der Waals surface area (Å²) in [6, 6.07) is -2.82. The molecule has 0 aliphatic carbocycles. The van der Waals surface area contributed by atoms with Gasteiger partial charge in [0.1, 0.15) is 6.04 Å². The molecule has 1 rings (SSSR count). The number of primary amides is 1. The maximum Gasteiger partial charge on any atom is 0.255 e. The van der Waals surface area contributed by atoms with Gasteiger partial charge < -0.3 is 26.2 Å². The SMILES string of the molecule is CN[C@@H](C)C(=O)N[C@H](C(=O)N1CCCCC1)C(=O)N(C)[C@@H](C)C(N)=O. The summed E-state index contributed by atoms with van der Waals surface area (Å²) >= 11 is 0. The van der Waals surface area contributed by atoms with E-state index in [4.69, 9.17) is 5.73 Å². The minimum absolute atomic E-state index is 0.454. The van der Waals surface area contributed by atoms with Gasteiger partial charge in [-0.05, 0) is 40.2 Å². The molecule has 9 nitrogen and oxygen atoms in total. The van der Waals surface area contributed by atoms with E-state index in [0.717, 1.165) is 24.2 Å². The van der Waals surface area contributed by atoms with Crippen molar-refractivity contribution < 1.29 is 19.2 Å². The van der Waals surface area contributed by atoms with Crippen LogP contribution >= 0.6 is 0 Å². The topological polar surface area (TPSA) is 125 Å². The molecular weight excluding hydrogens is 326 g/mol. The third kappa shape index (κ3) is 5.42. The van der Waals surface area contributed by atoms with Crippen molar-refractivity contribution in [2.45, 2.75) is 51.2 Å². The van der Waals surface area contributed by atoms with Crippen LogP contribution in [0.5, 0.6) is 0 Å². The number of carbonyl (C=O) groups is 4. The van der Waals surface area contributed by atoms with Crippen molar-refractivity contribution in [3.05, 3.63) is 0 Å². The van der Waals surface area contributed by atoms with E-state index in [1.54, 1.807) is 18.9 Å². The van der Waals surface area contributed by atoms with Gasteiger partial charge in [0.05, 0.1) is 6.04 Å². The number of carbonyl (C=O) groups excluding carboxylic acids is 4. The first-order chi connectivity index (χ1) is 11.7. The molecule has 1 saturated heterocycles. The number of nitrogens with two attached hydrogens (primary N) is 1. The van der Waals surface area contributed by atoms with Crippen LogP contribution in [0.1, 0.15) is 33.1 Å². The minimum atomic E-state index is -1.37. The number of hydrogen-bond acceptors (Lipinski definition) is 5. The lowest BCUT2D eigenvalue weighted by molar-refractivity contribution is -0.149. The Morgan fingerprint density at radius 2 is 1.64 bits per heavy atom. The van der Waals surface area contributed by atoms with Crippen molar-refractivity contribution in [2.75, 3.05) is 27.2 Å². The number of nitrogens with zero attached hydrogens (tertiary/aromatic N) is 2. The summed E-state index contributed by atoms with van der Waals surface area (Å²) in [6.07, 6.45) is 2.76. The van der Waals surface area contributed by atoms with Gasteiger partial charge in [-0.25, -0.2) is 0 Å². The van der Waals surface area contributed by atoms with Crippen molar-refractivity contribution in [1.29, 1.82) is 0 Å². The predicted octanol–water partition coefficient (Wildman–Crippen LogP) is -1.58. The quantitative estimate of drug-likeness (QED) is 0.476. The third-order valence-electron chi connectivity index (χ3n) is 4.61. The van der Waals surface area contributed by atoms with Gasteiger partial charge in [0, 0.05) is 20.1 Å². The lowest BCUT2D eigenvalue weighted by Crippen LogP contribution is -2.61. The number of likely N-dealkylation sites (tertiary alicyclic amines) is 1. The highest BCUT2D eigenvalue weighted by Crippen LogP contribution is 2.12. The molecule has 25 heavy (non-hydrogen) atoms. The van der Waals surface area contributed by atoms with E-state index in [1.165, 1.54) is 14.0 Å². The van der Waals surface area contributed by atoms with Gasteiger partial charge in [-0.3, -0.25) is 19.2 Å². The van der Waals surface area contributed by atoms with Crippen LogP contribution < -0.4 is 16.4 Å². The first-order valence-corrected chi connectivity index (χ1v) is 8.53. The molecule has 0 bridgehead atoms. The molecule has 0 unspecified atom stereocenters. The summed E-state index contributed by atoms with van der Waals surface area (Å²) in [5.41, 5.74) is 5.24. The molecule has 4 N–H and O–H groups in total. The van der Waals surface area contributed by atoms with Gasteiger partial charge in [0.15, 0.2) is 6.04 Å². The van der Waals surface area contributed by atoms with Gasteiger partial charge in [-0.15, -0.1) is 0 Å². The lowest BCUT2D eigenvalue weighted by atomic mass is 10.1. The molecule has 4 amide bonds. The maximum atomic E-state index is 12.8. The first-order valence-electron chi connectivity index (χ1n) is 8.53. The Hall–Kier alpha value is -2.16. The highest BCUT2D eigenvalue weighted by molar-refractivity contribution is 6.08. The molecular formula is C16H29N5O4. The summed E-state index contributed by atoms with van der Waals surface area (Å²) in [5.74, 6) is -2.26. The van der Waals surface area contributed by atoms with Crippen molar-refractivity contribution in [2.24, 2.45) is 5.73 Å². The van der Waals surface area contributed by atoms with Crippen LogP contribution in [0.25, 0.3) is 0 Å². The van der Waals surface area contributed by atoms with E-state index in [1.807, 2.05) is 0 Å². The number of likely N-dealkylation sites (N-methyl/N-ethyl adjacent to an activating group) is 2. The molecule has 1 fully saturated rings. The fourth-order valence-electron chi connectivity index (χ4n) is 2.51. The second-order valence-electron chi connectivity index (χ2n) is 6.37. The molecule has 0 aromatic rings. The highest BCUT2D eigenvalue weighted by atomic mass is 16.2. The second-order valence-corrected chi connectivity index (χ2v) is 6.37. The van der Waals surface area contributed by atoms with Gasteiger partial charge >= 0.3 is 0 Å². The van der Waals surface area contributed by atoms with Gasteiger partial charge in [0.2, 0.25) is 11.8 Å². The molecule has 1 aliphatic rings. The number of nitrogens with one attached hydrogen (secondary N) is 2. The fourth-order valence-corrected chi connectivity index (χ4v) is 2.51. The molecule has 0 radical (unpaired) electrons. The van der Waals surface area contributed by atoms with Gasteiger partial charge in [0.25, 0.3) is 11.8 Å². The van der Waals surface area contributed by atoms with Gasteiger partial charge in [-0.2, -0.15) is 0 Å². The number of rotatable bonds is 7. The Balaban J connectivity index is 3.00. The molecule has 1 heterocycles. The standard InChI is InChI=1S/C16H29N5O4/c1-10(18-3)14(23)19-12(15(24)20(4)11(2)13(17)22)16(25)21-8-6-5-7-9-21/h10-12,18H,5-9H2,1-4H3,(H2,17,22)(H,19,23)/t10-,11-,12-/m0/s1. The molecule has 9 heteroatoms. The first kappa shape index (κ1) is 20.9. The Morgan fingerprint density at radius 3 is 2.12 bits per heavy atom. The lowest BCUT2D eigenvalue weighted by Gasteiger charge is -2.33. The maximum absolute atomic E-state index is 12.8.